The zero-order valence-corrected chi connectivity index (χ0v) is 8.35. The minimum atomic E-state index is -2.50. The van der Waals surface area contributed by atoms with Gasteiger partial charge in [0.1, 0.15) is 0 Å². The number of aliphatic hydroxyl groups excluding tert-OH is 1. The van der Waals surface area contributed by atoms with Crippen molar-refractivity contribution in [2.45, 2.75) is 5.25 Å². The molecule has 0 saturated heterocycles. The van der Waals surface area contributed by atoms with E-state index in [9.17, 15) is 18.9 Å². The summed E-state index contributed by atoms with van der Waals surface area (Å²) in [5, 5.41) is 18.1. The molecule has 1 aromatic rings. The van der Waals surface area contributed by atoms with E-state index in [0.717, 1.165) is 6.07 Å². The van der Waals surface area contributed by atoms with Crippen molar-refractivity contribution >= 4 is 16.8 Å². The molecule has 0 bridgehead atoms. The number of nitro benzene ring substituents is 1. The molecule has 0 amide bonds. The van der Waals surface area contributed by atoms with E-state index in [2.05, 4.69) is 0 Å². The fourth-order valence-electron chi connectivity index (χ4n) is 1.12. The van der Waals surface area contributed by atoms with Crippen molar-refractivity contribution in [3.63, 3.8) is 0 Å². The van der Waals surface area contributed by atoms with Crippen LogP contribution in [0.2, 0.25) is 0 Å². The summed E-state index contributed by atoms with van der Waals surface area (Å²) >= 11 is -2.50. The third-order valence-corrected chi connectivity index (χ3v) is 2.74. The molecule has 2 unspecified atom stereocenters. The Balaban J connectivity index is 3.08. The second kappa shape index (κ2) is 4.96. The maximum Gasteiger partial charge on any atom is 0.269 e. The third-order valence-electron chi connectivity index (χ3n) is 1.85. The maximum absolute atomic E-state index is 10.7. The Morgan fingerprint density at radius 3 is 2.67 bits per heavy atom. The average Bonchev–Trinajstić information content (AvgIpc) is 2.18. The predicted molar refractivity (Wildman–Crippen MR) is 51.8 cm³/mol. The number of aliphatic hydroxyl groups is 1. The number of non-ortho nitro benzene ring substituents is 1. The molecular formula is C8H8NO5S-. The van der Waals surface area contributed by atoms with Crippen LogP contribution < -0.4 is 0 Å². The fraction of sp³-hybridized carbons (Fsp3) is 0.250. The lowest BCUT2D eigenvalue weighted by atomic mass is 10.1. The molecule has 1 aromatic carbocycles. The normalized spacial score (nSPS) is 14.5. The molecule has 0 aliphatic carbocycles. The number of rotatable bonds is 4. The maximum atomic E-state index is 10.7. The largest absolute Gasteiger partial charge is 0.772 e. The number of hydrogen-bond donors (Lipinski definition) is 1. The molecule has 0 fully saturated rings. The molecule has 7 heteroatoms. The summed E-state index contributed by atoms with van der Waals surface area (Å²) < 4.78 is 21.4. The van der Waals surface area contributed by atoms with Gasteiger partial charge >= 0.3 is 0 Å². The Labute approximate surface area is 88.0 Å². The van der Waals surface area contributed by atoms with Gasteiger partial charge < -0.3 is 9.66 Å². The van der Waals surface area contributed by atoms with E-state index in [1.165, 1.54) is 18.2 Å². The van der Waals surface area contributed by atoms with E-state index in [1.807, 2.05) is 0 Å². The molecule has 0 saturated carbocycles. The Bertz CT molecular complexity index is 394. The van der Waals surface area contributed by atoms with Crippen LogP contribution in [0.1, 0.15) is 10.8 Å². The van der Waals surface area contributed by atoms with E-state index >= 15 is 0 Å². The Hall–Kier alpha value is -1.31. The highest BCUT2D eigenvalue weighted by molar-refractivity contribution is 7.79. The molecule has 0 heterocycles. The van der Waals surface area contributed by atoms with Gasteiger partial charge in [0.15, 0.2) is 0 Å². The lowest BCUT2D eigenvalue weighted by Crippen LogP contribution is -2.10. The molecular weight excluding hydrogens is 222 g/mol. The van der Waals surface area contributed by atoms with Gasteiger partial charge in [0, 0.05) is 12.1 Å². The number of hydrogen-bond acceptors (Lipinski definition) is 5. The third kappa shape index (κ3) is 2.82. The second-order valence-electron chi connectivity index (χ2n) is 2.78. The minimum absolute atomic E-state index is 0.198. The van der Waals surface area contributed by atoms with Gasteiger partial charge in [-0.3, -0.25) is 14.3 Å². The van der Waals surface area contributed by atoms with E-state index in [0.29, 0.717) is 0 Å². The standard InChI is InChI=1S/C8H9NO5S/c10-5-8(15(13)14)6-2-1-3-7(4-6)9(11)12/h1-4,8,10H,5H2,(H,13,14)/p-1. The molecule has 15 heavy (non-hydrogen) atoms. The van der Waals surface area contributed by atoms with Crippen LogP contribution in [0.25, 0.3) is 0 Å². The van der Waals surface area contributed by atoms with Gasteiger partial charge in [-0.05, 0) is 16.6 Å². The molecule has 2 atom stereocenters. The van der Waals surface area contributed by atoms with Gasteiger partial charge in [0.25, 0.3) is 5.69 Å². The molecule has 0 radical (unpaired) electrons. The van der Waals surface area contributed by atoms with Gasteiger partial charge in [-0.1, -0.05) is 12.1 Å². The van der Waals surface area contributed by atoms with Crippen LogP contribution in [0, 0.1) is 10.1 Å². The zero-order chi connectivity index (χ0) is 11.4. The smallest absolute Gasteiger partial charge is 0.269 e. The van der Waals surface area contributed by atoms with Crippen molar-refractivity contribution in [3.05, 3.63) is 39.9 Å². The lowest BCUT2D eigenvalue weighted by Gasteiger charge is -2.16. The van der Waals surface area contributed by atoms with Crippen LogP contribution in [-0.2, 0) is 11.1 Å². The van der Waals surface area contributed by atoms with Crippen molar-refractivity contribution < 1.29 is 18.8 Å². The van der Waals surface area contributed by atoms with Crippen LogP contribution in [0.15, 0.2) is 24.3 Å². The highest BCUT2D eigenvalue weighted by Gasteiger charge is 2.14. The van der Waals surface area contributed by atoms with E-state index < -0.39 is 27.9 Å². The summed E-state index contributed by atoms with van der Waals surface area (Å²) in [6.45, 7) is -0.600. The molecule has 0 aliphatic rings. The van der Waals surface area contributed by atoms with Gasteiger partial charge in [-0.25, -0.2) is 0 Å². The van der Waals surface area contributed by atoms with E-state index in [-0.39, 0.29) is 11.3 Å². The zero-order valence-electron chi connectivity index (χ0n) is 7.53. The highest BCUT2D eigenvalue weighted by atomic mass is 32.2. The summed E-state index contributed by atoms with van der Waals surface area (Å²) in [7, 11) is 0. The van der Waals surface area contributed by atoms with Crippen molar-refractivity contribution in [1.29, 1.82) is 0 Å². The first kappa shape index (κ1) is 11.8. The summed E-state index contributed by atoms with van der Waals surface area (Å²) in [6.07, 6.45) is 0. The Morgan fingerprint density at radius 1 is 1.53 bits per heavy atom. The number of nitro groups is 1. The summed E-state index contributed by atoms with van der Waals surface area (Å²) in [6, 6.07) is 5.19. The summed E-state index contributed by atoms with van der Waals surface area (Å²) in [4.78, 5) is 9.80. The number of nitrogens with zero attached hydrogens (tertiary/aromatic N) is 1. The molecule has 82 valence electrons. The van der Waals surface area contributed by atoms with Crippen LogP contribution in [0.5, 0.6) is 0 Å². The van der Waals surface area contributed by atoms with E-state index in [4.69, 9.17) is 5.11 Å². The fourth-order valence-corrected chi connectivity index (χ4v) is 1.61. The SMILES string of the molecule is O=[N+]([O-])c1cccc(C(CO)S(=O)[O-])c1. The minimum Gasteiger partial charge on any atom is -0.772 e. The first-order valence-electron chi connectivity index (χ1n) is 3.99. The van der Waals surface area contributed by atoms with Crippen molar-refractivity contribution in [1.82, 2.24) is 0 Å². The van der Waals surface area contributed by atoms with Crippen molar-refractivity contribution in [2.75, 3.05) is 6.61 Å². The highest BCUT2D eigenvalue weighted by Crippen LogP contribution is 2.22. The first-order chi connectivity index (χ1) is 7.06. The van der Waals surface area contributed by atoms with Gasteiger partial charge in [-0.2, -0.15) is 0 Å². The Kier molecular flexibility index (Phi) is 3.89. The van der Waals surface area contributed by atoms with Gasteiger partial charge in [0.05, 0.1) is 16.8 Å². The summed E-state index contributed by atoms with van der Waals surface area (Å²) in [5.74, 6) is 0. The molecule has 0 aliphatic heterocycles. The van der Waals surface area contributed by atoms with Crippen LogP contribution in [-0.4, -0.2) is 25.4 Å². The van der Waals surface area contributed by atoms with Gasteiger partial charge in [0.2, 0.25) is 0 Å². The topological polar surface area (TPSA) is 104 Å². The first-order valence-corrected chi connectivity index (χ1v) is 5.13. The number of benzene rings is 1. The molecule has 6 nitrogen and oxygen atoms in total. The molecule has 1 rings (SSSR count). The van der Waals surface area contributed by atoms with Crippen LogP contribution in [0.4, 0.5) is 5.69 Å². The molecule has 0 spiro atoms. The molecule has 1 N–H and O–H groups in total. The van der Waals surface area contributed by atoms with Gasteiger partial charge in [-0.15, -0.1) is 0 Å². The molecule has 0 aromatic heterocycles. The Morgan fingerprint density at radius 2 is 2.20 bits per heavy atom. The predicted octanol–water partition coefficient (Wildman–Crippen LogP) is 0.507. The van der Waals surface area contributed by atoms with E-state index in [1.54, 1.807) is 0 Å². The van der Waals surface area contributed by atoms with Crippen LogP contribution in [0.3, 0.4) is 0 Å². The quantitative estimate of drug-likeness (QED) is 0.461. The van der Waals surface area contributed by atoms with Crippen molar-refractivity contribution in [2.24, 2.45) is 0 Å². The lowest BCUT2D eigenvalue weighted by molar-refractivity contribution is -0.384. The second-order valence-corrected chi connectivity index (χ2v) is 3.87. The average molecular weight is 230 g/mol. The summed E-state index contributed by atoms with van der Waals surface area (Å²) in [5.41, 5.74) is 0.0106. The van der Waals surface area contributed by atoms with Crippen LogP contribution >= 0.6 is 0 Å². The van der Waals surface area contributed by atoms with Crippen molar-refractivity contribution in [3.8, 4) is 0 Å². The monoisotopic (exact) mass is 230 g/mol.